The standard InChI is InChI=1S/C13H22O3/c1-5-10-9-11(7-8-13(10,3)4)16-12(14)15-6-2/h5,11H,6-9H2,1-4H3/b10-5-. The molecule has 0 heterocycles. The molecule has 1 aliphatic rings. The van der Waals surface area contributed by atoms with E-state index in [9.17, 15) is 4.79 Å². The van der Waals surface area contributed by atoms with Crippen LogP contribution in [0.4, 0.5) is 4.79 Å². The van der Waals surface area contributed by atoms with Crippen molar-refractivity contribution in [3.05, 3.63) is 11.6 Å². The van der Waals surface area contributed by atoms with Crippen LogP contribution in [0.3, 0.4) is 0 Å². The average Bonchev–Trinajstić information content (AvgIpc) is 2.21. The molecule has 0 amide bonds. The molecule has 1 fully saturated rings. The molecule has 1 atom stereocenters. The first-order valence-electron chi connectivity index (χ1n) is 5.98. The summed E-state index contributed by atoms with van der Waals surface area (Å²) in [5, 5.41) is 0. The maximum atomic E-state index is 11.2. The molecule has 92 valence electrons. The minimum atomic E-state index is -0.539. The number of rotatable bonds is 2. The highest BCUT2D eigenvalue weighted by molar-refractivity contribution is 5.60. The minimum absolute atomic E-state index is 0.0155. The van der Waals surface area contributed by atoms with Gasteiger partial charge >= 0.3 is 6.16 Å². The van der Waals surface area contributed by atoms with Crippen LogP contribution < -0.4 is 0 Å². The summed E-state index contributed by atoms with van der Waals surface area (Å²) in [6, 6.07) is 0. The summed E-state index contributed by atoms with van der Waals surface area (Å²) in [6.07, 6.45) is 4.39. The monoisotopic (exact) mass is 226 g/mol. The molecule has 0 bridgehead atoms. The van der Waals surface area contributed by atoms with Gasteiger partial charge in [0.1, 0.15) is 6.10 Å². The number of ether oxygens (including phenoxy) is 2. The van der Waals surface area contributed by atoms with E-state index in [4.69, 9.17) is 9.47 Å². The van der Waals surface area contributed by atoms with Gasteiger partial charge in [-0.3, -0.25) is 0 Å². The van der Waals surface area contributed by atoms with E-state index in [0.29, 0.717) is 6.61 Å². The lowest BCUT2D eigenvalue weighted by atomic mass is 9.72. The van der Waals surface area contributed by atoms with Crippen molar-refractivity contribution in [3.8, 4) is 0 Å². The summed E-state index contributed by atoms with van der Waals surface area (Å²) >= 11 is 0. The smallest absolute Gasteiger partial charge is 0.435 e. The predicted octanol–water partition coefficient (Wildman–Crippen LogP) is 3.68. The molecular weight excluding hydrogens is 204 g/mol. The second-order valence-electron chi connectivity index (χ2n) is 4.86. The molecule has 0 radical (unpaired) electrons. The van der Waals surface area contributed by atoms with Crippen molar-refractivity contribution in [1.82, 2.24) is 0 Å². The summed E-state index contributed by atoms with van der Waals surface area (Å²) in [7, 11) is 0. The Hall–Kier alpha value is -0.990. The summed E-state index contributed by atoms with van der Waals surface area (Å²) in [4.78, 5) is 11.2. The SMILES string of the molecule is C/C=C1/CC(OC(=O)OCC)CCC1(C)C. The third-order valence-electron chi connectivity index (χ3n) is 3.28. The topological polar surface area (TPSA) is 35.5 Å². The lowest BCUT2D eigenvalue weighted by molar-refractivity contribution is 0.0119. The van der Waals surface area contributed by atoms with Crippen molar-refractivity contribution in [2.75, 3.05) is 6.61 Å². The normalized spacial score (nSPS) is 26.5. The minimum Gasteiger partial charge on any atom is -0.435 e. The Kier molecular flexibility index (Phi) is 4.39. The first-order valence-corrected chi connectivity index (χ1v) is 5.98. The molecule has 0 aromatic rings. The molecule has 16 heavy (non-hydrogen) atoms. The van der Waals surface area contributed by atoms with Crippen molar-refractivity contribution in [1.29, 1.82) is 0 Å². The van der Waals surface area contributed by atoms with Crippen LogP contribution in [-0.2, 0) is 9.47 Å². The van der Waals surface area contributed by atoms with Gasteiger partial charge in [-0.1, -0.05) is 25.5 Å². The summed E-state index contributed by atoms with van der Waals surface area (Å²) < 4.78 is 10.0. The second-order valence-corrected chi connectivity index (χ2v) is 4.86. The maximum absolute atomic E-state index is 11.2. The Labute approximate surface area is 97.8 Å². The first-order chi connectivity index (χ1) is 7.49. The van der Waals surface area contributed by atoms with Crippen molar-refractivity contribution in [2.24, 2.45) is 5.41 Å². The second kappa shape index (κ2) is 5.37. The fourth-order valence-electron chi connectivity index (χ4n) is 2.20. The molecule has 0 aromatic carbocycles. The molecule has 0 aliphatic heterocycles. The van der Waals surface area contributed by atoms with Crippen molar-refractivity contribution in [3.63, 3.8) is 0 Å². The number of hydrogen-bond acceptors (Lipinski definition) is 3. The average molecular weight is 226 g/mol. The van der Waals surface area contributed by atoms with Crippen LogP contribution in [-0.4, -0.2) is 18.9 Å². The van der Waals surface area contributed by atoms with Crippen LogP contribution in [0.25, 0.3) is 0 Å². The Morgan fingerprint density at radius 2 is 2.25 bits per heavy atom. The summed E-state index contributed by atoms with van der Waals surface area (Å²) in [6.45, 7) is 8.67. The van der Waals surface area contributed by atoms with E-state index in [1.807, 2.05) is 6.92 Å². The molecule has 3 heteroatoms. The Bertz CT molecular complexity index is 279. The number of carbonyl (C=O) groups excluding carboxylic acids is 1. The lowest BCUT2D eigenvalue weighted by Gasteiger charge is -2.36. The third kappa shape index (κ3) is 3.26. The molecular formula is C13H22O3. The van der Waals surface area contributed by atoms with E-state index in [-0.39, 0.29) is 11.5 Å². The highest BCUT2D eigenvalue weighted by atomic mass is 16.7. The zero-order valence-electron chi connectivity index (χ0n) is 10.7. The van der Waals surface area contributed by atoms with Gasteiger partial charge in [0.05, 0.1) is 6.61 Å². The van der Waals surface area contributed by atoms with Crippen LogP contribution in [0.1, 0.15) is 47.0 Å². The lowest BCUT2D eigenvalue weighted by Crippen LogP contribution is -2.30. The zero-order valence-corrected chi connectivity index (χ0v) is 10.7. The Balaban J connectivity index is 2.52. The van der Waals surface area contributed by atoms with Gasteiger partial charge in [-0.15, -0.1) is 0 Å². The molecule has 1 saturated carbocycles. The highest BCUT2D eigenvalue weighted by Gasteiger charge is 2.32. The molecule has 0 N–H and O–H groups in total. The van der Waals surface area contributed by atoms with Gasteiger partial charge in [0.2, 0.25) is 0 Å². The molecule has 1 rings (SSSR count). The Morgan fingerprint density at radius 1 is 1.56 bits per heavy atom. The van der Waals surface area contributed by atoms with E-state index in [2.05, 4.69) is 19.9 Å². The van der Waals surface area contributed by atoms with Crippen LogP contribution >= 0.6 is 0 Å². The van der Waals surface area contributed by atoms with Crippen molar-refractivity contribution in [2.45, 2.75) is 53.1 Å². The van der Waals surface area contributed by atoms with Crippen LogP contribution in [0, 0.1) is 5.41 Å². The van der Waals surface area contributed by atoms with Crippen molar-refractivity contribution < 1.29 is 14.3 Å². The van der Waals surface area contributed by atoms with Crippen LogP contribution in [0.15, 0.2) is 11.6 Å². The van der Waals surface area contributed by atoms with Crippen LogP contribution in [0.5, 0.6) is 0 Å². The third-order valence-corrected chi connectivity index (χ3v) is 3.28. The van der Waals surface area contributed by atoms with Gasteiger partial charge in [0.25, 0.3) is 0 Å². The van der Waals surface area contributed by atoms with Gasteiger partial charge < -0.3 is 9.47 Å². The molecule has 0 aromatic heterocycles. The highest BCUT2D eigenvalue weighted by Crippen LogP contribution is 2.40. The van der Waals surface area contributed by atoms with Crippen LogP contribution in [0.2, 0.25) is 0 Å². The fraction of sp³-hybridized carbons (Fsp3) is 0.769. The van der Waals surface area contributed by atoms with E-state index in [0.717, 1.165) is 19.3 Å². The van der Waals surface area contributed by atoms with E-state index in [1.165, 1.54) is 5.57 Å². The predicted molar refractivity (Wildman–Crippen MR) is 63.3 cm³/mol. The molecule has 1 aliphatic carbocycles. The van der Waals surface area contributed by atoms with Gasteiger partial charge in [0, 0.05) is 6.42 Å². The molecule has 1 unspecified atom stereocenters. The largest absolute Gasteiger partial charge is 0.508 e. The van der Waals surface area contributed by atoms with E-state index >= 15 is 0 Å². The van der Waals surface area contributed by atoms with Gasteiger partial charge in [-0.05, 0) is 32.1 Å². The number of carbonyl (C=O) groups is 1. The summed E-state index contributed by atoms with van der Waals surface area (Å²) in [5.74, 6) is 0. The quantitative estimate of drug-likeness (QED) is 0.532. The molecule has 0 saturated heterocycles. The van der Waals surface area contributed by atoms with Gasteiger partial charge in [-0.2, -0.15) is 0 Å². The van der Waals surface area contributed by atoms with Crippen molar-refractivity contribution >= 4 is 6.16 Å². The Morgan fingerprint density at radius 3 is 2.81 bits per heavy atom. The summed E-state index contributed by atoms with van der Waals surface area (Å²) in [5.41, 5.74) is 1.61. The number of hydrogen-bond donors (Lipinski definition) is 0. The zero-order chi connectivity index (χ0) is 12.2. The van der Waals surface area contributed by atoms with Gasteiger partial charge in [0.15, 0.2) is 0 Å². The fourth-order valence-corrected chi connectivity index (χ4v) is 2.20. The van der Waals surface area contributed by atoms with E-state index < -0.39 is 6.16 Å². The molecule has 0 spiro atoms. The number of allylic oxidation sites excluding steroid dienone is 1. The maximum Gasteiger partial charge on any atom is 0.508 e. The van der Waals surface area contributed by atoms with Gasteiger partial charge in [-0.25, -0.2) is 4.79 Å². The molecule has 3 nitrogen and oxygen atoms in total. The first kappa shape index (κ1) is 13.1. The van der Waals surface area contributed by atoms with E-state index in [1.54, 1.807) is 6.92 Å².